The van der Waals surface area contributed by atoms with E-state index in [2.05, 4.69) is 20.3 Å². The third-order valence-electron chi connectivity index (χ3n) is 2.30. The first kappa shape index (κ1) is 15.8. The summed E-state index contributed by atoms with van der Waals surface area (Å²) in [5.41, 5.74) is 5.67. The number of ether oxygens (including phenoxy) is 1. The standard InChI is InChI=1S/C10H15F2N5O3/c1-17-10(6(4-14-17)9(13)16-19)15-8(18)2-3-20-5-7(11)12/h4,7,19H,2-3,5H2,1H3,(H2,13,16)(H,15,18). The number of nitrogens with one attached hydrogen (secondary N) is 1. The lowest BCUT2D eigenvalue weighted by Gasteiger charge is -2.08. The summed E-state index contributed by atoms with van der Waals surface area (Å²) in [7, 11) is 1.55. The molecule has 0 aliphatic heterocycles. The smallest absolute Gasteiger partial charge is 0.261 e. The molecule has 20 heavy (non-hydrogen) atoms. The number of hydrogen-bond acceptors (Lipinski definition) is 5. The minimum absolute atomic E-state index is 0.104. The Hall–Kier alpha value is -2.23. The van der Waals surface area contributed by atoms with E-state index in [1.807, 2.05) is 0 Å². The van der Waals surface area contributed by atoms with Gasteiger partial charge >= 0.3 is 0 Å². The number of carbonyl (C=O) groups excluding carboxylic acids is 1. The molecular formula is C10H15F2N5O3. The Morgan fingerprint density at radius 1 is 1.70 bits per heavy atom. The summed E-state index contributed by atoms with van der Waals surface area (Å²) in [6.07, 6.45) is -1.35. The van der Waals surface area contributed by atoms with Crippen LogP contribution in [0.4, 0.5) is 14.6 Å². The van der Waals surface area contributed by atoms with Crippen molar-refractivity contribution in [3.05, 3.63) is 11.8 Å². The maximum atomic E-state index is 11.8. The Morgan fingerprint density at radius 3 is 3.00 bits per heavy atom. The predicted molar refractivity (Wildman–Crippen MR) is 65.8 cm³/mol. The van der Waals surface area contributed by atoms with Crippen LogP contribution in [0.1, 0.15) is 12.0 Å². The van der Waals surface area contributed by atoms with Crippen molar-refractivity contribution in [1.29, 1.82) is 0 Å². The van der Waals surface area contributed by atoms with Gasteiger partial charge in [0, 0.05) is 7.05 Å². The molecule has 112 valence electrons. The van der Waals surface area contributed by atoms with E-state index in [9.17, 15) is 13.6 Å². The fraction of sp³-hybridized carbons (Fsp3) is 0.500. The number of rotatable bonds is 7. The molecule has 4 N–H and O–H groups in total. The first-order chi connectivity index (χ1) is 9.45. The molecule has 0 unspecified atom stereocenters. The monoisotopic (exact) mass is 291 g/mol. The van der Waals surface area contributed by atoms with Gasteiger partial charge in [-0.1, -0.05) is 5.16 Å². The van der Waals surface area contributed by atoms with Gasteiger partial charge in [-0.25, -0.2) is 8.78 Å². The number of aryl methyl sites for hydroxylation is 1. The van der Waals surface area contributed by atoms with Gasteiger partial charge in [-0.15, -0.1) is 0 Å². The van der Waals surface area contributed by atoms with E-state index in [1.165, 1.54) is 10.9 Å². The van der Waals surface area contributed by atoms with Crippen molar-refractivity contribution in [3.8, 4) is 0 Å². The Kier molecular flexibility index (Phi) is 5.84. The van der Waals surface area contributed by atoms with E-state index in [1.54, 1.807) is 7.05 Å². The molecular weight excluding hydrogens is 276 g/mol. The molecule has 0 spiro atoms. The van der Waals surface area contributed by atoms with Crippen molar-refractivity contribution in [2.24, 2.45) is 17.9 Å². The van der Waals surface area contributed by atoms with Gasteiger partial charge in [-0.3, -0.25) is 9.48 Å². The Balaban J connectivity index is 2.56. The molecule has 0 aromatic carbocycles. The SMILES string of the molecule is Cn1ncc(C(N)=NO)c1NC(=O)CCOCC(F)F. The number of amidine groups is 1. The second-order valence-electron chi connectivity index (χ2n) is 3.78. The van der Waals surface area contributed by atoms with Gasteiger partial charge in [0.25, 0.3) is 6.43 Å². The van der Waals surface area contributed by atoms with Crippen LogP contribution >= 0.6 is 0 Å². The number of hydrogen-bond donors (Lipinski definition) is 3. The van der Waals surface area contributed by atoms with Gasteiger partial charge in [0.15, 0.2) is 5.84 Å². The molecule has 0 aliphatic rings. The van der Waals surface area contributed by atoms with E-state index in [4.69, 9.17) is 10.9 Å². The highest BCUT2D eigenvalue weighted by molar-refractivity contribution is 6.04. The summed E-state index contributed by atoms with van der Waals surface area (Å²) in [4.78, 5) is 11.6. The Morgan fingerprint density at radius 2 is 2.40 bits per heavy atom. The second-order valence-corrected chi connectivity index (χ2v) is 3.78. The molecule has 0 bridgehead atoms. The van der Waals surface area contributed by atoms with Gasteiger partial charge in [0.1, 0.15) is 12.4 Å². The number of anilines is 1. The van der Waals surface area contributed by atoms with Gasteiger partial charge in [-0.2, -0.15) is 5.10 Å². The fourth-order valence-electron chi connectivity index (χ4n) is 1.36. The molecule has 8 nitrogen and oxygen atoms in total. The van der Waals surface area contributed by atoms with Crippen LogP contribution in [0.3, 0.4) is 0 Å². The summed E-state index contributed by atoms with van der Waals surface area (Å²) >= 11 is 0. The van der Waals surface area contributed by atoms with Gasteiger partial charge in [0.2, 0.25) is 5.91 Å². The van der Waals surface area contributed by atoms with Crippen molar-refractivity contribution in [1.82, 2.24) is 9.78 Å². The van der Waals surface area contributed by atoms with E-state index >= 15 is 0 Å². The van der Waals surface area contributed by atoms with E-state index in [-0.39, 0.29) is 30.2 Å². The number of aromatic nitrogens is 2. The average molecular weight is 291 g/mol. The molecule has 1 aromatic rings. The zero-order valence-electron chi connectivity index (χ0n) is 10.7. The lowest BCUT2D eigenvalue weighted by atomic mass is 10.3. The molecule has 1 aromatic heterocycles. The summed E-state index contributed by atoms with van der Waals surface area (Å²) in [6.45, 7) is -0.846. The summed E-state index contributed by atoms with van der Waals surface area (Å²) < 4.78 is 29.5. The number of halogens is 2. The molecule has 10 heteroatoms. The maximum Gasteiger partial charge on any atom is 0.261 e. The minimum atomic E-state index is -2.57. The minimum Gasteiger partial charge on any atom is -0.409 e. The number of carbonyl (C=O) groups is 1. The molecule has 0 saturated carbocycles. The second kappa shape index (κ2) is 7.38. The number of oxime groups is 1. The summed E-state index contributed by atoms with van der Waals surface area (Å²) in [6, 6.07) is 0. The van der Waals surface area contributed by atoms with E-state index < -0.39 is 18.9 Å². The number of nitrogens with two attached hydrogens (primary N) is 1. The number of amides is 1. The largest absolute Gasteiger partial charge is 0.409 e. The van der Waals surface area contributed by atoms with Crippen LogP contribution in [-0.4, -0.2) is 46.4 Å². The van der Waals surface area contributed by atoms with Crippen LogP contribution in [0.15, 0.2) is 11.4 Å². The normalized spacial score (nSPS) is 11.9. The highest BCUT2D eigenvalue weighted by Gasteiger charge is 2.15. The third kappa shape index (κ3) is 4.46. The van der Waals surface area contributed by atoms with Crippen LogP contribution in [-0.2, 0) is 16.6 Å². The molecule has 0 fully saturated rings. The summed E-state index contributed by atoms with van der Waals surface area (Å²) in [5, 5.41) is 17.8. The number of nitrogens with zero attached hydrogens (tertiary/aromatic N) is 3. The molecule has 1 rings (SSSR count). The first-order valence-electron chi connectivity index (χ1n) is 5.61. The molecule has 0 saturated heterocycles. The number of alkyl halides is 2. The molecule has 1 heterocycles. The third-order valence-corrected chi connectivity index (χ3v) is 2.30. The van der Waals surface area contributed by atoms with Crippen LogP contribution in [0.5, 0.6) is 0 Å². The lowest BCUT2D eigenvalue weighted by Crippen LogP contribution is -2.21. The van der Waals surface area contributed by atoms with Gasteiger partial charge in [0.05, 0.1) is 24.8 Å². The zero-order valence-corrected chi connectivity index (χ0v) is 10.7. The zero-order chi connectivity index (χ0) is 15.1. The van der Waals surface area contributed by atoms with Crippen molar-refractivity contribution in [2.75, 3.05) is 18.5 Å². The maximum absolute atomic E-state index is 11.8. The lowest BCUT2D eigenvalue weighted by molar-refractivity contribution is -0.117. The van der Waals surface area contributed by atoms with E-state index in [0.717, 1.165) is 0 Å². The van der Waals surface area contributed by atoms with Crippen LogP contribution in [0.25, 0.3) is 0 Å². The van der Waals surface area contributed by atoms with Crippen LogP contribution < -0.4 is 11.1 Å². The van der Waals surface area contributed by atoms with Crippen molar-refractivity contribution < 1.29 is 23.5 Å². The Labute approximate surface area is 113 Å². The molecule has 1 amide bonds. The quantitative estimate of drug-likeness (QED) is 0.217. The van der Waals surface area contributed by atoms with Crippen molar-refractivity contribution in [2.45, 2.75) is 12.8 Å². The highest BCUT2D eigenvalue weighted by atomic mass is 19.3. The van der Waals surface area contributed by atoms with E-state index in [0.29, 0.717) is 0 Å². The Bertz CT molecular complexity index is 489. The first-order valence-corrected chi connectivity index (χ1v) is 5.61. The van der Waals surface area contributed by atoms with Crippen molar-refractivity contribution in [3.63, 3.8) is 0 Å². The van der Waals surface area contributed by atoms with Crippen molar-refractivity contribution >= 4 is 17.6 Å². The van der Waals surface area contributed by atoms with Crippen LogP contribution in [0, 0.1) is 0 Å². The fourth-order valence-corrected chi connectivity index (χ4v) is 1.36. The highest BCUT2D eigenvalue weighted by Crippen LogP contribution is 2.13. The van der Waals surface area contributed by atoms with Gasteiger partial charge in [-0.05, 0) is 0 Å². The summed E-state index contributed by atoms with van der Waals surface area (Å²) in [5.74, 6) is -0.434. The molecule has 0 aliphatic carbocycles. The average Bonchev–Trinajstić information content (AvgIpc) is 2.75. The topological polar surface area (TPSA) is 115 Å². The van der Waals surface area contributed by atoms with Gasteiger partial charge < -0.3 is 21.0 Å². The molecule has 0 atom stereocenters. The predicted octanol–water partition coefficient (Wildman–Crippen LogP) is 0.125. The molecule has 0 radical (unpaired) electrons. The van der Waals surface area contributed by atoms with Crippen LogP contribution in [0.2, 0.25) is 0 Å².